The van der Waals surface area contributed by atoms with Crippen LogP contribution in [0.4, 0.5) is 11.4 Å². The van der Waals surface area contributed by atoms with Crippen LogP contribution < -0.4 is 10.2 Å². The third-order valence-corrected chi connectivity index (χ3v) is 6.93. The molecule has 2 aromatic heterocycles. The van der Waals surface area contributed by atoms with Gasteiger partial charge in [0.15, 0.2) is 5.82 Å². The standard InChI is InChI=1S/C31H23N5S/c1-4-10-24(11-5-1)30-31(36(26-12-6-2-7-13-26)27-14-8-3-9-15-27)37-29(35-30)20-28-33-21-25(22-34-28)23-16-18-32-19-17-23/h1-22,35H. The van der Waals surface area contributed by atoms with Crippen molar-refractivity contribution in [2.75, 3.05) is 4.90 Å². The van der Waals surface area contributed by atoms with E-state index >= 15 is 0 Å². The minimum Gasteiger partial charge on any atom is -0.347 e. The highest BCUT2D eigenvalue weighted by Gasteiger charge is 2.28. The molecule has 3 aromatic carbocycles. The van der Waals surface area contributed by atoms with Gasteiger partial charge in [0, 0.05) is 53.4 Å². The fraction of sp³-hybridized carbons (Fsp3) is 0. The number of hydrogen-bond acceptors (Lipinski definition) is 6. The third kappa shape index (κ3) is 5.01. The van der Waals surface area contributed by atoms with Gasteiger partial charge >= 0.3 is 0 Å². The molecule has 5 nitrogen and oxygen atoms in total. The lowest BCUT2D eigenvalue weighted by molar-refractivity contribution is 1.12. The largest absolute Gasteiger partial charge is 0.347 e. The summed E-state index contributed by atoms with van der Waals surface area (Å²) in [4.78, 5) is 15.6. The maximum atomic E-state index is 4.61. The highest BCUT2D eigenvalue weighted by atomic mass is 32.2. The Hall–Kier alpha value is -4.68. The number of nitrogens with one attached hydrogen (secondary N) is 1. The van der Waals surface area contributed by atoms with E-state index in [0.29, 0.717) is 5.82 Å². The number of aromatic nitrogens is 3. The van der Waals surface area contributed by atoms with E-state index in [-0.39, 0.29) is 0 Å². The number of hydrogen-bond donors (Lipinski definition) is 1. The zero-order chi connectivity index (χ0) is 24.9. The molecule has 1 aliphatic rings. The van der Waals surface area contributed by atoms with E-state index in [1.165, 1.54) is 0 Å². The van der Waals surface area contributed by atoms with E-state index in [2.05, 4.69) is 98.0 Å². The third-order valence-electron chi connectivity index (χ3n) is 5.91. The summed E-state index contributed by atoms with van der Waals surface area (Å²) in [6, 6.07) is 35.2. The topological polar surface area (TPSA) is 53.9 Å². The number of para-hydroxylation sites is 2. The van der Waals surface area contributed by atoms with Crippen molar-refractivity contribution < 1.29 is 0 Å². The predicted molar refractivity (Wildman–Crippen MR) is 152 cm³/mol. The molecule has 5 aromatic rings. The minimum atomic E-state index is 0.646. The summed E-state index contributed by atoms with van der Waals surface area (Å²) in [6.07, 6.45) is 9.23. The van der Waals surface area contributed by atoms with Crippen LogP contribution in [-0.4, -0.2) is 15.0 Å². The van der Waals surface area contributed by atoms with E-state index in [1.54, 1.807) is 24.2 Å². The zero-order valence-corrected chi connectivity index (χ0v) is 20.7. The molecule has 178 valence electrons. The van der Waals surface area contributed by atoms with Crippen molar-refractivity contribution in [2.45, 2.75) is 0 Å². The summed E-state index contributed by atoms with van der Waals surface area (Å²) < 4.78 is 0. The summed E-state index contributed by atoms with van der Waals surface area (Å²) in [6.45, 7) is 0. The number of rotatable bonds is 6. The fourth-order valence-corrected chi connectivity index (χ4v) is 5.24. The predicted octanol–water partition coefficient (Wildman–Crippen LogP) is 7.34. The Kier molecular flexibility index (Phi) is 6.47. The maximum absolute atomic E-state index is 4.61. The average Bonchev–Trinajstić information content (AvgIpc) is 3.39. The van der Waals surface area contributed by atoms with Gasteiger partial charge in [-0.15, -0.1) is 0 Å². The molecule has 1 N–H and O–H groups in total. The molecule has 0 unspecified atom stereocenters. The molecule has 0 amide bonds. The summed E-state index contributed by atoms with van der Waals surface area (Å²) >= 11 is 1.67. The summed E-state index contributed by atoms with van der Waals surface area (Å²) in [7, 11) is 0. The van der Waals surface area contributed by atoms with Crippen LogP contribution in [0.2, 0.25) is 0 Å². The van der Waals surface area contributed by atoms with Crippen LogP contribution in [0, 0.1) is 0 Å². The fourth-order valence-electron chi connectivity index (χ4n) is 4.14. The van der Waals surface area contributed by atoms with E-state index in [9.17, 15) is 0 Å². The van der Waals surface area contributed by atoms with Crippen molar-refractivity contribution in [3.05, 3.63) is 149 Å². The van der Waals surface area contributed by atoms with E-state index in [1.807, 2.05) is 48.8 Å². The summed E-state index contributed by atoms with van der Waals surface area (Å²) in [5, 5.41) is 5.69. The highest BCUT2D eigenvalue weighted by Crippen LogP contribution is 2.45. The highest BCUT2D eigenvalue weighted by molar-refractivity contribution is 8.07. The van der Waals surface area contributed by atoms with Gasteiger partial charge in [0.1, 0.15) is 5.03 Å². The quantitative estimate of drug-likeness (QED) is 0.265. The Balaban J connectivity index is 1.39. The molecule has 0 aliphatic carbocycles. The molecular weight excluding hydrogens is 474 g/mol. The molecular formula is C31H23N5S. The summed E-state index contributed by atoms with van der Waals surface area (Å²) in [5.74, 6) is 0.646. The van der Waals surface area contributed by atoms with Crippen molar-refractivity contribution in [3.63, 3.8) is 0 Å². The van der Waals surface area contributed by atoms with Crippen LogP contribution in [0.15, 0.2) is 138 Å². The normalized spacial score (nSPS) is 14.0. The van der Waals surface area contributed by atoms with Gasteiger partial charge in [0.05, 0.1) is 10.7 Å². The second-order valence-electron chi connectivity index (χ2n) is 8.35. The zero-order valence-electron chi connectivity index (χ0n) is 19.9. The monoisotopic (exact) mass is 497 g/mol. The van der Waals surface area contributed by atoms with Crippen molar-refractivity contribution in [3.8, 4) is 11.1 Å². The molecule has 0 bridgehead atoms. The van der Waals surface area contributed by atoms with Gasteiger partial charge in [-0.05, 0) is 42.0 Å². The lowest BCUT2D eigenvalue weighted by Gasteiger charge is -2.26. The van der Waals surface area contributed by atoms with Crippen LogP contribution in [0.3, 0.4) is 0 Å². The Morgan fingerprint density at radius 3 is 1.78 bits per heavy atom. The lowest BCUT2D eigenvalue weighted by Crippen LogP contribution is -2.15. The molecule has 37 heavy (non-hydrogen) atoms. The molecule has 0 saturated heterocycles. The molecule has 0 spiro atoms. The van der Waals surface area contributed by atoms with E-state index in [0.717, 1.165) is 43.8 Å². The number of benzene rings is 3. The van der Waals surface area contributed by atoms with Crippen LogP contribution in [0.1, 0.15) is 11.4 Å². The Labute approximate surface area is 220 Å². The summed E-state index contributed by atoms with van der Waals surface area (Å²) in [5.41, 5.74) is 6.33. The van der Waals surface area contributed by atoms with E-state index in [4.69, 9.17) is 0 Å². The van der Waals surface area contributed by atoms with Crippen LogP contribution in [0.5, 0.6) is 0 Å². The maximum Gasteiger partial charge on any atom is 0.154 e. The van der Waals surface area contributed by atoms with Crippen molar-refractivity contribution >= 4 is 34.9 Å². The number of anilines is 2. The van der Waals surface area contributed by atoms with Gasteiger partial charge < -0.3 is 10.2 Å². The first-order valence-electron chi connectivity index (χ1n) is 11.9. The number of nitrogens with zero attached hydrogens (tertiary/aromatic N) is 4. The van der Waals surface area contributed by atoms with Crippen molar-refractivity contribution in [1.29, 1.82) is 0 Å². The smallest absolute Gasteiger partial charge is 0.154 e. The van der Waals surface area contributed by atoms with E-state index < -0.39 is 0 Å². The van der Waals surface area contributed by atoms with Gasteiger partial charge in [0.2, 0.25) is 0 Å². The van der Waals surface area contributed by atoms with Gasteiger partial charge in [-0.1, -0.05) is 78.5 Å². The SMILES string of the molecule is C(=C1NC(c2ccccc2)=C(N(c2ccccc2)c2ccccc2)S1)c1ncc(-c2ccncc2)cn1. The Bertz CT molecular complexity index is 1500. The number of pyridine rings is 1. The van der Waals surface area contributed by atoms with Gasteiger partial charge in [-0.3, -0.25) is 4.98 Å². The van der Waals surface area contributed by atoms with Crippen LogP contribution >= 0.6 is 11.8 Å². The molecule has 3 heterocycles. The molecule has 0 atom stereocenters. The second-order valence-corrected chi connectivity index (χ2v) is 9.38. The number of thioether (sulfide) groups is 1. The van der Waals surface area contributed by atoms with Crippen molar-refractivity contribution in [2.24, 2.45) is 0 Å². The van der Waals surface area contributed by atoms with Gasteiger partial charge in [-0.25, -0.2) is 9.97 Å². The van der Waals surface area contributed by atoms with Gasteiger partial charge in [-0.2, -0.15) is 0 Å². The first-order valence-corrected chi connectivity index (χ1v) is 12.8. The average molecular weight is 498 g/mol. The van der Waals surface area contributed by atoms with Gasteiger partial charge in [0.25, 0.3) is 0 Å². The molecule has 1 aliphatic heterocycles. The molecule has 0 fully saturated rings. The second kappa shape index (κ2) is 10.5. The Morgan fingerprint density at radius 2 is 1.19 bits per heavy atom. The van der Waals surface area contributed by atoms with Crippen LogP contribution in [0.25, 0.3) is 22.9 Å². The minimum absolute atomic E-state index is 0.646. The van der Waals surface area contributed by atoms with Crippen LogP contribution in [-0.2, 0) is 0 Å². The Morgan fingerprint density at radius 1 is 0.622 bits per heavy atom. The molecule has 0 radical (unpaired) electrons. The molecule has 6 heteroatoms. The van der Waals surface area contributed by atoms with Crippen molar-refractivity contribution in [1.82, 2.24) is 20.3 Å². The lowest BCUT2D eigenvalue weighted by atomic mass is 10.1. The molecule has 6 rings (SSSR count). The first-order chi connectivity index (χ1) is 18.3. The first kappa shape index (κ1) is 22.8. The molecule has 0 saturated carbocycles.